The summed E-state index contributed by atoms with van der Waals surface area (Å²) in [5, 5.41) is 10.6. The zero-order chi connectivity index (χ0) is 73.9. The second-order valence-corrected chi connectivity index (χ2v) is 31.7. The van der Waals surface area contributed by atoms with Crippen LogP contribution in [0.15, 0.2) is 24.3 Å². The Hall–Kier alpha value is -2.46. The van der Waals surface area contributed by atoms with E-state index >= 15 is 0 Å². The van der Waals surface area contributed by atoms with Gasteiger partial charge in [0.05, 0.1) is 26.4 Å². The lowest BCUT2D eigenvalue weighted by atomic mass is 10.0. The van der Waals surface area contributed by atoms with Crippen LogP contribution in [-0.4, -0.2) is 96.7 Å². The molecular formula is C82H156O17P2. The maximum Gasteiger partial charge on any atom is 0.472 e. The molecular weight excluding hydrogens is 1320 g/mol. The highest BCUT2D eigenvalue weighted by Gasteiger charge is 2.30. The standard InChI is InChI=1S/C82H156O17P2/c1-5-9-13-17-21-25-29-32-35-37-38-39-40-43-46-49-53-57-61-65-69-82(87)99-78(73-93-80(85)67-63-59-55-51-47-44-42-36-33-30-26-22-18-14-10-6-2)75-97-101(90,91)95-71-76(83)70-94-100(88,89)96-74-77(72-92-79(84)66-62-58-54-50-28-24-20-16-12-8-4)98-81(86)68-64-60-56-52-48-45-41-34-31-27-23-19-15-11-7-3/h27,31,34,41,76-78,83H,5-26,28-30,32-33,35-40,42-75H2,1-4H3,(H,88,89)(H,90,91)/b31-27-,41-34-/t76-,77+,78+/m0/s1. The van der Waals surface area contributed by atoms with E-state index in [1.54, 1.807) is 0 Å². The zero-order valence-electron chi connectivity index (χ0n) is 65.4. The number of hydrogen-bond acceptors (Lipinski definition) is 15. The molecule has 5 atom stereocenters. The smallest absolute Gasteiger partial charge is 0.462 e. The van der Waals surface area contributed by atoms with E-state index in [0.29, 0.717) is 25.7 Å². The Morgan fingerprint density at radius 3 is 0.723 bits per heavy atom. The van der Waals surface area contributed by atoms with Crippen LogP contribution in [0.5, 0.6) is 0 Å². The molecule has 17 nitrogen and oxygen atoms in total. The van der Waals surface area contributed by atoms with Crippen LogP contribution in [0.4, 0.5) is 0 Å². The van der Waals surface area contributed by atoms with E-state index < -0.39 is 97.5 Å². The SMILES string of the molecule is CCCCCC/C=C\C=C/CCCCCCCC(=O)O[C@H](COC(=O)CCCCCCCCCCCC)COP(=O)(O)OC[C@H](O)COP(=O)(O)OC[C@@H](COC(=O)CCCCCCCCCCCCCCCCCC)OC(=O)CCCCCCCCCCCCCCCCCCCCCC. The molecule has 0 bridgehead atoms. The predicted octanol–water partition coefficient (Wildman–Crippen LogP) is 24.5. The van der Waals surface area contributed by atoms with Crippen LogP contribution in [-0.2, 0) is 65.4 Å². The van der Waals surface area contributed by atoms with E-state index in [4.69, 9.17) is 37.0 Å². The molecule has 0 radical (unpaired) electrons. The molecule has 0 aromatic carbocycles. The highest BCUT2D eigenvalue weighted by atomic mass is 31.2. The van der Waals surface area contributed by atoms with E-state index in [1.807, 2.05) is 0 Å². The van der Waals surface area contributed by atoms with Gasteiger partial charge in [0.25, 0.3) is 0 Å². The van der Waals surface area contributed by atoms with Crippen LogP contribution in [0.25, 0.3) is 0 Å². The fourth-order valence-electron chi connectivity index (χ4n) is 12.3. The van der Waals surface area contributed by atoms with Gasteiger partial charge in [-0.2, -0.15) is 0 Å². The van der Waals surface area contributed by atoms with Gasteiger partial charge in [0, 0.05) is 25.7 Å². The van der Waals surface area contributed by atoms with Crippen LogP contribution in [0.1, 0.15) is 419 Å². The summed E-state index contributed by atoms with van der Waals surface area (Å²) in [5.74, 6) is -2.13. The van der Waals surface area contributed by atoms with Gasteiger partial charge in [-0.05, 0) is 51.4 Å². The minimum atomic E-state index is -4.97. The number of aliphatic hydroxyl groups is 1. The number of esters is 4. The number of hydrogen-bond donors (Lipinski definition) is 3. The van der Waals surface area contributed by atoms with Crippen LogP contribution in [0.2, 0.25) is 0 Å². The highest BCUT2D eigenvalue weighted by Crippen LogP contribution is 2.45. The van der Waals surface area contributed by atoms with Gasteiger partial charge in [0.15, 0.2) is 12.2 Å². The topological polar surface area (TPSA) is 237 Å². The molecule has 0 fully saturated rings. The lowest BCUT2D eigenvalue weighted by molar-refractivity contribution is -0.161. The minimum Gasteiger partial charge on any atom is -0.462 e. The van der Waals surface area contributed by atoms with Crippen LogP contribution < -0.4 is 0 Å². The van der Waals surface area contributed by atoms with Gasteiger partial charge >= 0.3 is 39.5 Å². The van der Waals surface area contributed by atoms with Crippen molar-refractivity contribution in [2.24, 2.45) is 0 Å². The highest BCUT2D eigenvalue weighted by molar-refractivity contribution is 7.47. The first-order chi connectivity index (χ1) is 49.2. The van der Waals surface area contributed by atoms with Crippen molar-refractivity contribution in [3.63, 3.8) is 0 Å². The average molecular weight is 1480 g/mol. The quantitative estimate of drug-likeness (QED) is 0.0169. The van der Waals surface area contributed by atoms with Gasteiger partial charge in [-0.25, -0.2) is 9.13 Å². The third-order valence-corrected chi connectivity index (χ3v) is 20.6. The molecule has 3 N–H and O–H groups in total. The first kappa shape index (κ1) is 98.5. The fraction of sp³-hybridized carbons (Fsp3) is 0.902. The van der Waals surface area contributed by atoms with Gasteiger partial charge in [-0.3, -0.25) is 37.3 Å². The largest absolute Gasteiger partial charge is 0.472 e. The molecule has 0 aromatic rings. The zero-order valence-corrected chi connectivity index (χ0v) is 67.2. The van der Waals surface area contributed by atoms with Gasteiger partial charge in [0.2, 0.25) is 0 Å². The molecule has 0 spiro atoms. The third kappa shape index (κ3) is 75.6. The summed E-state index contributed by atoms with van der Waals surface area (Å²) in [7, 11) is -9.93. The number of carbonyl (C=O) groups excluding carboxylic acids is 4. The normalized spacial score (nSPS) is 13.9. The van der Waals surface area contributed by atoms with Crippen LogP contribution in [0, 0.1) is 0 Å². The Kier molecular flexibility index (Phi) is 73.9. The summed E-state index contributed by atoms with van der Waals surface area (Å²) in [6, 6.07) is 0. The maximum absolute atomic E-state index is 13.1. The van der Waals surface area contributed by atoms with Gasteiger partial charge < -0.3 is 33.8 Å². The van der Waals surface area contributed by atoms with Crippen LogP contribution in [0.3, 0.4) is 0 Å². The Balaban J connectivity index is 5.26. The van der Waals surface area contributed by atoms with Gasteiger partial charge in [-0.1, -0.05) is 367 Å². The third-order valence-electron chi connectivity index (χ3n) is 18.7. The maximum atomic E-state index is 13.1. The second-order valence-electron chi connectivity index (χ2n) is 28.8. The lowest BCUT2D eigenvalue weighted by Crippen LogP contribution is -2.30. The number of rotatable bonds is 81. The van der Waals surface area contributed by atoms with Crippen molar-refractivity contribution in [1.82, 2.24) is 0 Å². The Labute approximate surface area is 618 Å². The molecule has 0 aliphatic carbocycles. The van der Waals surface area contributed by atoms with E-state index in [9.17, 15) is 43.2 Å². The van der Waals surface area contributed by atoms with Gasteiger partial charge in [-0.15, -0.1) is 0 Å². The predicted molar refractivity (Wildman–Crippen MR) is 414 cm³/mol. The summed E-state index contributed by atoms with van der Waals surface area (Å²) >= 11 is 0. The van der Waals surface area contributed by atoms with Crippen molar-refractivity contribution < 1.29 is 80.2 Å². The second kappa shape index (κ2) is 75.8. The monoisotopic (exact) mass is 1480 g/mol. The molecule has 101 heavy (non-hydrogen) atoms. The van der Waals surface area contributed by atoms with Gasteiger partial charge in [0.1, 0.15) is 19.3 Å². The average Bonchev–Trinajstić information content (AvgIpc) is 3.76. The molecule has 0 aliphatic heterocycles. The molecule has 0 aromatic heterocycles. The van der Waals surface area contributed by atoms with Crippen molar-refractivity contribution in [1.29, 1.82) is 0 Å². The van der Waals surface area contributed by atoms with E-state index in [2.05, 4.69) is 52.0 Å². The fourth-order valence-corrected chi connectivity index (χ4v) is 13.9. The molecule has 0 rings (SSSR count). The molecule has 0 saturated carbocycles. The summed E-state index contributed by atoms with van der Waals surface area (Å²) in [4.78, 5) is 73.0. The molecule has 0 saturated heterocycles. The number of phosphoric acid groups is 2. The molecule has 596 valence electrons. The number of phosphoric ester groups is 2. The first-order valence-corrected chi connectivity index (χ1v) is 45.1. The summed E-state index contributed by atoms with van der Waals surface area (Å²) in [6.45, 7) is 4.96. The van der Waals surface area contributed by atoms with E-state index in [0.717, 1.165) is 103 Å². The van der Waals surface area contributed by atoms with E-state index in [1.165, 1.54) is 238 Å². The molecule has 0 amide bonds. The summed E-state index contributed by atoms with van der Waals surface area (Å²) < 4.78 is 68.7. The minimum absolute atomic E-state index is 0.0858. The van der Waals surface area contributed by atoms with Crippen molar-refractivity contribution in [2.45, 2.75) is 438 Å². The number of aliphatic hydroxyl groups excluding tert-OH is 1. The molecule has 19 heteroatoms. The van der Waals surface area contributed by atoms with Crippen molar-refractivity contribution in [2.75, 3.05) is 39.6 Å². The van der Waals surface area contributed by atoms with Crippen molar-refractivity contribution >= 4 is 39.5 Å². The number of ether oxygens (including phenoxy) is 4. The first-order valence-electron chi connectivity index (χ1n) is 42.1. The van der Waals surface area contributed by atoms with E-state index in [-0.39, 0.29) is 25.7 Å². The summed E-state index contributed by atoms with van der Waals surface area (Å²) in [5.41, 5.74) is 0. The summed E-state index contributed by atoms with van der Waals surface area (Å²) in [6.07, 6.45) is 71.5. The Bertz CT molecular complexity index is 2010. The molecule has 0 aliphatic rings. The molecule has 0 heterocycles. The molecule has 2 unspecified atom stereocenters. The Morgan fingerprint density at radius 1 is 0.277 bits per heavy atom. The number of unbranched alkanes of at least 4 members (excludes halogenated alkanes) is 52. The van der Waals surface area contributed by atoms with Crippen LogP contribution >= 0.6 is 15.6 Å². The van der Waals surface area contributed by atoms with Crippen molar-refractivity contribution in [3.8, 4) is 0 Å². The number of carbonyl (C=O) groups is 4. The Morgan fingerprint density at radius 2 is 0.475 bits per heavy atom. The lowest BCUT2D eigenvalue weighted by Gasteiger charge is -2.21. The van der Waals surface area contributed by atoms with Crippen molar-refractivity contribution in [3.05, 3.63) is 24.3 Å². The number of allylic oxidation sites excluding steroid dienone is 4.